The number of nitrogen functional groups attached to an aromatic ring is 1. The number of nitrogens with two attached hydrogens (primary N) is 2. The number of hydrogen-bond acceptors (Lipinski definition) is 8. The molecular weight excluding hydrogens is 346 g/mol. The maximum absolute atomic E-state index is 11.5. The first-order valence-electron chi connectivity index (χ1n) is 7.49. The van der Waals surface area contributed by atoms with Crippen molar-refractivity contribution in [3.8, 4) is 0 Å². The second-order valence-electron chi connectivity index (χ2n) is 5.39. The first kappa shape index (κ1) is 18.6. The SMILES string of the molecule is Cc1ncc(C[n+]2csc(CCOC(=O)[C@@H](N)CS)c2C)c(N)n1. The quantitative estimate of drug-likeness (QED) is 0.371. The summed E-state index contributed by atoms with van der Waals surface area (Å²) in [7, 11) is 0. The summed E-state index contributed by atoms with van der Waals surface area (Å²) >= 11 is 5.59. The van der Waals surface area contributed by atoms with Gasteiger partial charge < -0.3 is 16.2 Å². The predicted molar refractivity (Wildman–Crippen MR) is 96.0 cm³/mol. The van der Waals surface area contributed by atoms with Gasteiger partial charge in [-0.3, -0.25) is 4.79 Å². The number of carbonyl (C=O) groups excluding carboxylic acids is 1. The first-order chi connectivity index (χ1) is 11.4. The molecule has 0 aliphatic carbocycles. The van der Waals surface area contributed by atoms with Crippen LogP contribution in [0.2, 0.25) is 0 Å². The minimum atomic E-state index is -0.674. The Kier molecular flexibility index (Phi) is 6.52. The van der Waals surface area contributed by atoms with Crippen molar-refractivity contribution >= 4 is 35.8 Å². The Morgan fingerprint density at radius 1 is 1.50 bits per heavy atom. The number of anilines is 1. The Bertz CT molecular complexity index is 720. The van der Waals surface area contributed by atoms with Crippen molar-refractivity contribution in [3.63, 3.8) is 0 Å². The summed E-state index contributed by atoms with van der Waals surface area (Å²) in [5.74, 6) is 1.01. The van der Waals surface area contributed by atoms with Gasteiger partial charge in [0.25, 0.3) is 0 Å². The molecule has 7 nitrogen and oxygen atoms in total. The van der Waals surface area contributed by atoms with Gasteiger partial charge >= 0.3 is 5.97 Å². The summed E-state index contributed by atoms with van der Waals surface area (Å²) in [5.41, 5.74) is 15.5. The Morgan fingerprint density at radius 3 is 2.92 bits per heavy atom. The summed E-state index contributed by atoms with van der Waals surface area (Å²) in [4.78, 5) is 21.1. The number of hydrogen-bond donors (Lipinski definition) is 3. The van der Waals surface area contributed by atoms with Gasteiger partial charge in [-0.1, -0.05) is 11.3 Å². The second-order valence-corrected chi connectivity index (χ2v) is 6.70. The second kappa shape index (κ2) is 8.41. The number of carbonyl (C=O) groups is 1. The van der Waals surface area contributed by atoms with Crippen LogP contribution in [0.1, 0.15) is 22.0 Å². The van der Waals surface area contributed by atoms with Crippen molar-refractivity contribution in [1.82, 2.24) is 9.97 Å². The minimum Gasteiger partial charge on any atom is -0.464 e. The number of aromatic nitrogens is 3. The number of esters is 1. The zero-order valence-corrected chi connectivity index (χ0v) is 15.4. The van der Waals surface area contributed by atoms with Gasteiger partial charge in [0, 0.05) is 25.3 Å². The average Bonchev–Trinajstić information content (AvgIpc) is 2.89. The van der Waals surface area contributed by atoms with Crippen LogP contribution in [0.4, 0.5) is 5.82 Å². The zero-order chi connectivity index (χ0) is 17.7. The largest absolute Gasteiger partial charge is 0.464 e. The summed E-state index contributed by atoms with van der Waals surface area (Å²) in [5, 5.41) is 0. The molecule has 1 atom stereocenters. The minimum absolute atomic E-state index is 0.275. The average molecular weight is 369 g/mol. The highest BCUT2D eigenvalue weighted by molar-refractivity contribution is 7.80. The third-order valence-corrected chi connectivity index (χ3v) is 5.13. The van der Waals surface area contributed by atoms with E-state index < -0.39 is 12.0 Å². The van der Waals surface area contributed by atoms with Crippen LogP contribution < -0.4 is 16.0 Å². The van der Waals surface area contributed by atoms with Crippen LogP contribution in [0.5, 0.6) is 0 Å². The van der Waals surface area contributed by atoms with Gasteiger partial charge in [-0.15, -0.1) is 0 Å². The number of nitrogens with zero attached hydrogens (tertiary/aromatic N) is 3. The Labute approximate surface area is 150 Å². The highest BCUT2D eigenvalue weighted by Gasteiger charge is 2.18. The van der Waals surface area contributed by atoms with Gasteiger partial charge in [0.1, 0.15) is 17.7 Å². The molecule has 2 rings (SSSR count). The molecule has 0 spiro atoms. The Balaban J connectivity index is 1.97. The molecule has 9 heteroatoms. The molecular formula is C15H22N5O2S2+. The van der Waals surface area contributed by atoms with Crippen LogP contribution >= 0.6 is 24.0 Å². The van der Waals surface area contributed by atoms with Crippen molar-refractivity contribution in [1.29, 1.82) is 0 Å². The number of thiazole rings is 1. The summed E-state index contributed by atoms with van der Waals surface area (Å²) < 4.78 is 7.25. The van der Waals surface area contributed by atoms with Gasteiger partial charge in [0.05, 0.1) is 17.0 Å². The van der Waals surface area contributed by atoms with Crippen LogP contribution in [0, 0.1) is 13.8 Å². The van der Waals surface area contributed by atoms with Crippen LogP contribution in [0.15, 0.2) is 11.7 Å². The number of thiol groups is 1. The van der Waals surface area contributed by atoms with Crippen LogP contribution in [-0.2, 0) is 22.5 Å². The van der Waals surface area contributed by atoms with Crippen molar-refractivity contribution in [2.45, 2.75) is 32.9 Å². The smallest absolute Gasteiger partial charge is 0.323 e. The van der Waals surface area contributed by atoms with Crippen molar-refractivity contribution in [2.24, 2.45) is 5.73 Å². The van der Waals surface area contributed by atoms with E-state index in [1.807, 2.05) is 19.4 Å². The molecule has 0 fully saturated rings. The summed E-state index contributed by atoms with van der Waals surface area (Å²) in [6.07, 6.45) is 2.40. The lowest BCUT2D eigenvalue weighted by Gasteiger charge is -2.08. The fourth-order valence-corrected chi connectivity index (χ4v) is 3.22. The van der Waals surface area contributed by atoms with Gasteiger partial charge in [-0.05, 0) is 6.92 Å². The molecule has 130 valence electrons. The van der Waals surface area contributed by atoms with E-state index in [9.17, 15) is 4.79 Å². The molecule has 0 bridgehead atoms. The van der Waals surface area contributed by atoms with E-state index >= 15 is 0 Å². The van der Waals surface area contributed by atoms with E-state index in [1.54, 1.807) is 17.5 Å². The molecule has 0 aliphatic heterocycles. The van der Waals surface area contributed by atoms with Crippen LogP contribution in [0.3, 0.4) is 0 Å². The molecule has 2 heterocycles. The highest BCUT2D eigenvalue weighted by atomic mass is 32.1. The maximum Gasteiger partial charge on any atom is 0.323 e. The number of ether oxygens (including phenoxy) is 1. The molecule has 0 amide bonds. The monoisotopic (exact) mass is 368 g/mol. The Hall–Kier alpha value is -1.71. The fraction of sp³-hybridized carbons (Fsp3) is 0.467. The molecule has 4 N–H and O–H groups in total. The number of rotatable bonds is 7. The summed E-state index contributed by atoms with van der Waals surface area (Å²) in [6.45, 7) is 4.75. The molecule has 0 radical (unpaired) electrons. The third kappa shape index (κ3) is 4.65. The van der Waals surface area contributed by atoms with Crippen molar-refractivity contribution < 1.29 is 14.1 Å². The highest BCUT2D eigenvalue weighted by Crippen LogP contribution is 2.14. The van der Waals surface area contributed by atoms with Crippen molar-refractivity contribution in [2.75, 3.05) is 18.1 Å². The van der Waals surface area contributed by atoms with E-state index in [1.165, 1.54) is 0 Å². The predicted octanol–water partition coefficient (Wildman–Crippen LogP) is 0.416. The molecule has 0 aliphatic rings. The molecule has 2 aromatic rings. The molecule has 2 aromatic heterocycles. The standard InChI is InChI=1S/C15H21N5O2S2/c1-9-13(3-4-22-15(21)12(16)7-23)24-8-20(9)6-11-5-18-10(2)19-14(11)17/h5,8,12H,3-4,6-7,16H2,1-2H3,(H2-,17,18,19,23)/p+1/t12-/m0/s1. The zero-order valence-electron chi connectivity index (χ0n) is 13.7. The molecule has 0 aromatic carbocycles. The molecule has 0 saturated heterocycles. The lowest BCUT2D eigenvalue weighted by molar-refractivity contribution is -0.689. The van der Waals surface area contributed by atoms with Crippen LogP contribution in [-0.4, -0.2) is 34.3 Å². The van der Waals surface area contributed by atoms with E-state index in [0.29, 0.717) is 31.2 Å². The fourth-order valence-electron chi connectivity index (χ4n) is 2.09. The Morgan fingerprint density at radius 2 is 2.25 bits per heavy atom. The van der Waals surface area contributed by atoms with E-state index in [-0.39, 0.29) is 5.75 Å². The van der Waals surface area contributed by atoms with Gasteiger partial charge in [-0.25, -0.2) is 9.97 Å². The van der Waals surface area contributed by atoms with Gasteiger partial charge in [-0.2, -0.15) is 17.2 Å². The van der Waals surface area contributed by atoms with Gasteiger partial charge in [0.2, 0.25) is 5.51 Å². The van der Waals surface area contributed by atoms with Gasteiger partial charge in [0.15, 0.2) is 12.2 Å². The molecule has 24 heavy (non-hydrogen) atoms. The lowest BCUT2D eigenvalue weighted by Crippen LogP contribution is -2.36. The van der Waals surface area contributed by atoms with E-state index in [4.69, 9.17) is 16.2 Å². The normalized spacial score (nSPS) is 12.2. The van der Waals surface area contributed by atoms with E-state index in [2.05, 4.69) is 27.2 Å². The third-order valence-electron chi connectivity index (χ3n) is 3.59. The van der Waals surface area contributed by atoms with Crippen LogP contribution in [0.25, 0.3) is 0 Å². The van der Waals surface area contributed by atoms with E-state index in [0.717, 1.165) is 16.1 Å². The lowest BCUT2D eigenvalue weighted by atomic mass is 10.2. The molecule has 0 saturated carbocycles. The molecule has 0 unspecified atom stereocenters. The number of aryl methyl sites for hydroxylation is 1. The first-order valence-corrected chi connectivity index (χ1v) is 9.01. The van der Waals surface area contributed by atoms with Crippen molar-refractivity contribution in [3.05, 3.63) is 33.7 Å². The topological polar surface area (TPSA) is 108 Å². The summed E-state index contributed by atoms with van der Waals surface area (Å²) in [6, 6.07) is -0.674. The maximum atomic E-state index is 11.5.